The Bertz CT molecular complexity index is 350. The first kappa shape index (κ1) is 8.99. The van der Waals surface area contributed by atoms with Gasteiger partial charge >= 0.3 is 0 Å². The minimum absolute atomic E-state index is 0.524. The van der Waals surface area contributed by atoms with E-state index in [0.29, 0.717) is 0 Å². The van der Waals surface area contributed by atoms with E-state index in [2.05, 4.69) is 0 Å². The molecule has 0 radical (unpaired) electrons. The van der Waals surface area contributed by atoms with Gasteiger partial charge in [0.25, 0.3) is 12.0 Å². The van der Waals surface area contributed by atoms with Gasteiger partial charge in [0.2, 0.25) is 0 Å². The number of aromatic amines is 1. The molecule has 0 fully saturated rings. The van der Waals surface area contributed by atoms with Crippen LogP contribution in [0.1, 0.15) is 12.1 Å². The Morgan fingerprint density at radius 1 is 1.58 bits per heavy atom. The van der Waals surface area contributed by atoms with E-state index in [9.17, 15) is 13.6 Å². The monoisotopic (exact) mass is 195 g/mol. The van der Waals surface area contributed by atoms with Crippen LogP contribution in [-0.4, -0.2) is 10.1 Å². The molecular weight excluding hydrogens is 192 g/mol. The van der Waals surface area contributed by atoms with Crippen LogP contribution < -0.4 is 5.56 Å². The second-order valence-corrected chi connectivity index (χ2v) is 2.43. The summed E-state index contributed by atoms with van der Waals surface area (Å²) in [4.78, 5) is 12.4. The van der Waals surface area contributed by atoms with E-state index in [1.54, 1.807) is 0 Å². The summed E-state index contributed by atoms with van der Waals surface area (Å²) in [6, 6.07) is 0.730. The first-order chi connectivity index (χ1) is 5.52. The molecule has 0 bridgehead atoms. The SMILES string of the molecule is O=c1cc(O)c(Cl)c(C(F)F)[nH]1. The quantitative estimate of drug-likeness (QED) is 0.716. The van der Waals surface area contributed by atoms with Gasteiger partial charge in [-0.05, 0) is 0 Å². The molecule has 2 N–H and O–H groups in total. The average molecular weight is 196 g/mol. The third-order valence-electron chi connectivity index (χ3n) is 1.21. The first-order valence-electron chi connectivity index (χ1n) is 2.92. The van der Waals surface area contributed by atoms with Crippen LogP contribution in [0.2, 0.25) is 5.02 Å². The van der Waals surface area contributed by atoms with Gasteiger partial charge in [-0.2, -0.15) is 0 Å². The molecule has 0 aromatic carbocycles. The topological polar surface area (TPSA) is 53.1 Å². The molecule has 1 aromatic heterocycles. The normalized spacial score (nSPS) is 10.7. The summed E-state index contributed by atoms with van der Waals surface area (Å²) in [6.45, 7) is 0. The lowest BCUT2D eigenvalue weighted by Crippen LogP contribution is -2.08. The van der Waals surface area contributed by atoms with Gasteiger partial charge < -0.3 is 10.1 Å². The molecule has 66 valence electrons. The molecule has 0 unspecified atom stereocenters. The zero-order valence-corrected chi connectivity index (χ0v) is 6.40. The van der Waals surface area contributed by atoms with Crippen molar-refractivity contribution in [3.05, 3.63) is 27.1 Å². The summed E-state index contributed by atoms with van der Waals surface area (Å²) in [6.07, 6.45) is -2.91. The lowest BCUT2D eigenvalue weighted by Gasteiger charge is -2.02. The highest BCUT2D eigenvalue weighted by Crippen LogP contribution is 2.29. The molecule has 0 saturated carbocycles. The largest absolute Gasteiger partial charge is 0.506 e. The maximum Gasteiger partial charge on any atom is 0.279 e. The highest BCUT2D eigenvalue weighted by atomic mass is 35.5. The fraction of sp³-hybridized carbons (Fsp3) is 0.167. The highest BCUT2D eigenvalue weighted by Gasteiger charge is 2.16. The minimum Gasteiger partial charge on any atom is -0.506 e. The van der Waals surface area contributed by atoms with Crippen molar-refractivity contribution < 1.29 is 13.9 Å². The van der Waals surface area contributed by atoms with Crippen LogP contribution in [0.25, 0.3) is 0 Å². The van der Waals surface area contributed by atoms with E-state index in [4.69, 9.17) is 16.7 Å². The van der Waals surface area contributed by atoms with Crippen LogP contribution >= 0.6 is 11.6 Å². The van der Waals surface area contributed by atoms with Crippen LogP contribution in [0.15, 0.2) is 10.9 Å². The second kappa shape index (κ2) is 3.10. The molecule has 12 heavy (non-hydrogen) atoms. The Morgan fingerprint density at radius 3 is 2.67 bits per heavy atom. The molecule has 1 aromatic rings. The Morgan fingerprint density at radius 2 is 2.17 bits per heavy atom. The molecule has 1 rings (SSSR count). The Hall–Kier alpha value is -1.10. The highest BCUT2D eigenvalue weighted by molar-refractivity contribution is 6.32. The summed E-state index contributed by atoms with van der Waals surface area (Å²) < 4.78 is 24.0. The number of nitrogens with one attached hydrogen (secondary N) is 1. The van der Waals surface area contributed by atoms with Gasteiger partial charge in [-0.1, -0.05) is 11.6 Å². The van der Waals surface area contributed by atoms with Gasteiger partial charge in [0.1, 0.15) is 16.5 Å². The Balaban J connectivity index is 3.38. The van der Waals surface area contributed by atoms with Crippen LogP contribution in [0.4, 0.5) is 8.78 Å². The van der Waals surface area contributed by atoms with E-state index >= 15 is 0 Å². The second-order valence-electron chi connectivity index (χ2n) is 2.05. The lowest BCUT2D eigenvalue weighted by atomic mass is 10.3. The van der Waals surface area contributed by atoms with Crippen molar-refractivity contribution in [1.82, 2.24) is 4.98 Å². The molecule has 3 nitrogen and oxygen atoms in total. The molecule has 6 heteroatoms. The third-order valence-corrected chi connectivity index (χ3v) is 1.60. The van der Waals surface area contributed by atoms with Gasteiger partial charge in [-0.15, -0.1) is 0 Å². The predicted molar refractivity (Wildman–Crippen MR) is 38.7 cm³/mol. The van der Waals surface area contributed by atoms with Crippen molar-refractivity contribution >= 4 is 11.6 Å². The average Bonchev–Trinajstić information content (AvgIpc) is 1.96. The van der Waals surface area contributed by atoms with E-state index in [1.165, 1.54) is 0 Å². The van der Waals surface area contributed by atoms with E-state index in [0.717, 1.165) is 6.07 Å². The van der Waals surface area contributed by atoms with Crippen LogP contribution in [0.3, 0.4) is 0 Å². The Labute approximate surface area is 70.6 Å². The smallest absolute Gasteiger partial charge is 0.279 e. The summed E-state index contributed by atoms with van der Waals surface area (Å²) in [5.74, 6) is -0.643. The lowest BCUT2D eigenvalue weighted by molar-refractivity contribution is 0.145. The number of pyridine rings is 1. The maximum absolute atomic E-state index is 12.0. The first-order valence-corrected chi connectivity index (χ1v) is 3.30. The molecular formula is C6H4ClF2NO2. The molecule has 0 amide bonds. The molecule has 0 atom stereocenters. The summed E-state index contributed by atoms with van der Waals surface area (Å²) in [5, 5.41) is 8.32. The van der Waals surface area contributed by atoms with Crippen molar-refractivity contribution in [3.63, 3.8) is 0 Å². The van der Waals surface area contributed by atoms with Crippen molar-refractivity contribution in [2.45, 2.75) is 6.43 Å². The van der Waals surface area contributed by atoms with Gasteiger partial charge in [-0.3, -0.25) is 4.79 Å². The summed E-state index contributed by atoms with van der Waals surface area (Å²) in [7, 11) is 0. The maximum atomic E-state index is 12.0. The van der Waals surface area contributed by atoms with Crippen molar-refractivity contribution in [3.8, 4) is 5.75 Å². The fourth-order valence-electron chi connectivity index (χ4n) is 0.700. The molecule has 1 heterocycles. The standard InChI is InChI=1S/C6H4ClF2NO2/c7-4-2(11)1-3(12)10-5(4)6(8)9/h1,6H,(H2,10,11,12). The van der Waals surface area contributed by atoms with Gasteiger partial charge in [0.15, 0.2) is 0 Å². The third kappa shape index (κ3) is 1.55. The number of H-pyrrole nitrogens is 1. The van der Waals surface area contributed by atoms with Crippen molar-refractivity contribution in [1.29, 1.82) is 0 Å². The molecule has 0 aliphatic rings. The van der Waals surface area contributed by atoms with E-state index in [1.807, 2.05) is 4.98 Å². The van der Waals surface area contributed by atoms with Crippen molar-refractivity contribution in [2.75, 3.05) is 0 Å². The van der Waals surface area contributed by atoms with Crippen LogP contribution in [0, 0.1) is 0 Å². The van der Waals surface area contributed by atoms with E-state index in [-0.39, 0.29) is 0 Å². The van der Waals surface area contributed by atoms with Gasteiger partial charge in [-0.25, -0.2) is 8.78 Å². The summed E-state index contributed by atoms with van der Waals surface area (Å²) >= 11 is 5.26. The van der Waals surface area contributed by atoms with Gasteiger partial charge in [0.05, 0.1) is 0 Å². The zero-order valence-electron chi connectivity index (χ0n) is 5.64. The molecule has 0 spiro atoms. The molecule has 0 aliphatic carbocycles. The number of aromatic nitrogens is 1. The molecule has 0 saturated heterocycles. The minimum atomic E-state index is -2.91. The number of aromatic hydroxyl groups is 1. The number of hydrogen-bond donors (Lipinski definition) is 2. The van der Waals surface area contributed by atoms with Gasteiger partial charge in [0, 0.05) is 6.07 Å². The van der Waals surface area contributed by atoms with Crippen LogP contribution in [-0.2, 0) is 0 Å². The predicted octanol–water partition coefficient (Wildman–Crippen LogP) is 1.67. The number of rotatable bonds is 1. The molecule has 0 aliphatic heterocycles. The summed E-state index contributed by atoms with van der Waals surface area (Å²) in [5.41, 5.74) is -1.58. The fourth-order valence-corrected chi connectivity index (χ4v) is 0.884. The van der Waals surface area contributed by atoms with Crippen molar-refractivity contribution in [2.24, 2.45) is 0 Å². The zero-order chi connectivity index (χ0) is 9.30. The Kier molecular flexibility index (Phi) is 2.32. The number of hydrogen-bond acceptors (Lipinski definition) is 2. The number of halogens is 3. The van der Waals surface area contributed by atoms with Crippen LogP contribution in [0.5, 0.6) is 5.75 Å². The number of alkyl halides is 2. The van der Waals surface area contributed by atoms with E-state index < -0.39 is 28.5 Å².